The third-order valence-electron chi connectivity index (χ3n) is 2.24. The Bertz CT molecular complexity index is 688. The van der Waals surface area contributed by atoms with Gasteiger partial charge in [-0.2, -0.15) is 0 Å². The van der Waals surface area contributed by atoms with Gasteiger partial charge in [0.15, 0.2) is 0 Å². The molecule has 0 aliphatic carbocycles. The van der Waals surface area contributed by atoms with E-state index in [-0.39, 0.29) is 17.0 Å². The first-order valence-corrected chi connectivity index (χ1v) is 5.21. The molecule has 0 aliphatic rings. The van der Waals surface area contributed by atoms with E-state index in [2.05, 4.69) is 10.5 Å². The van der Waals surface area contributed by atoms with E-state index < -0.39 is 5.91 Å². The standard InChI is InChI=1S/C12H11N3O3/c1-7(16)14-15-12-9(11(13)17)6-8-4-2-3-5-10(8)18-12/h2-6H,1H3,(H2,13,17)(H,14,16). The van der Waals surface area contributed by atoms with Gasteiger partial charge in [-0.15, -0.1) is 5.10 Å². The van der Waals surface area contributed by atoms with Crippen molar-refractivity contribution in [2.24, 2.45) is 10.8 Å². The van der Waals surface area contributed by atoms with Gasteiger partial charge < -0.3 is 10.2 Å². The predicted octanol–water partition coefficient (Wildman–Crippen LogP) is 0.484. The minimum absolute atomic E-state index is 0.0172. The summed E-state index contributed by atoms with van der Waals surface area (Å²) in [6.07, 6.45) is 0. The van der Waals surface area contributed by atoms with Gasteiger partial charge in [-0.25, -0.2) is 5.43 Å². The van der Waals surface area contributed by atoms with Crippen molar-refractivity contribution in [1.82, 2.24) is 5.43 Å². The van der Waals surface area contributed by atoms with Crippen LogP contribution in [0.1, 0.15) is 17.3 Å². The van der Waals surface area contributed by atoms with E-state index in [0.717, 1.165) is 5.39 Å². The Morgan fingerprint density at radius 1 is 1.33 bits per heavy atom. The van der Waals surface area contributed by atoms with Gasteiger partial charge in [-0.05, 0) is 12.1 Å². The van der Waals surface area contributed by atoms with Gasteiger partial charge in [0.2, 0.25) is 11.5 Å². The first-order chi connectivity index (χ1) is 8.58. The number of nitrogens with zero attached hydrogens (tertiary/aromatic N) is 1. The van der Waals surface area contributed by atoms with Crippen molar-refractivity contribution >= 4 is 22.8 Å². The van der Waals surface area contributed by atoms with E-state index in [4.69, 9.17) is 10.2 Å². The fourth-order valence-electron chi connectivity index (χ4n) is 1.46. The molecule has 92 valence electrons. The Hall–Kier alpha value is -2.63. The summed E-state index contributed by atoms with van der Waals surface area (Å²) in [4.78, 5) is 22.1. The number of hydrogen-bond donors (Lipinski definition) is 2. The molecule has 1 aromatic carbocycles. The Morgan fingerprint density at radius 3 is 2.72 bits per heavy atom. The topological polar surface area (TPSA) is 97.7 Å². The number of carbonyl (C=O) groups excluding carboxylic acids is 2. The number of benzene rings is 1. The Morgan fingerprint density at radius 2 is 2.06 bits per heavy atom. The molecule has 0 radical (unpaired) electrons. The number of carbonyl (C=O) groups is 2. The highest BCUT2D eigenvalue weighted by molar-refractivity contribution is 5.95. The third-order valence-corrected chi connectivity index (χ3v) is 2.24. The van der Waals surface area contributed by atoms with Crippen LogP contribution in [0, 0.1) is 0 Å². The third kappa shape index (κ3) is 2.37. The molecule has 0 bridgehead atoms. The molecule has 6 heteroatoms. The minimum Gasteiger partial charge on any atom is -0.436 e. The lowest BCUT2D eigenvalue weighted by atomic mass is 10.2. The molecule has 2 amide bonds. The average molecular weight is 245 g/mol. The van der Waals surface area contributed by atoms with Gasteiger partial charge in [0.25, 0.3) is 5.91 Å². The van der Waals surface area contributed by atoms with Crippen molar-refractivity contribution < 1.29 is 14.0 Å². The van der Waals surface area contributed by atoms with Crippen LogP contribution in [0.15, 0.2) is 39.9 Å². The lowest BCUT2D eigenvalue weighted by Gasteiger charge is -2.01. The zero-order chi connectivity index (χ0) is 13.1. The molecule has 6 nitrogen and oxygen atoms in total. The van der Waals surface area contributed by atoms with Crippen LogP contribution in [0.4, 0.5) is 0 Å². The van der Waals surface area contributed by atoms with E-state index in [1.54, 1.807) is 24.3 Å². The highest BCUT2D eigenvalue weighted by Crippen LogP contribution is 2.12. The zero-order valence-electron chi connectivity index (χ0n) is 9.64. The predicted molar refractivity (Wildman–Crippen MR) is 64.1 cm³/mol. The summed E-state index contributed by atoms with van der Waals surface area (Å²) in [7, 11) is 0. The number of nitrogens with two attached hydrogens (primary N) is 1. The van der Waals surface area contributed by atoms with Crippen LogP contribution in [0.25, 0.3) is 11.0 Å². The van der Waals surface area contributed by atoms with Crippen molar-refractivity contribution in [3.8, 4) is 0 Å². The van der Waals surface area contributed by atoms with Gasteiger partial charge in [0.05, 0.1) is 0 Å². The highest BCUT2D eigenvalue weighted by Gasteiger charge is 2.08. The highest BCUT2D eigenvalue weighted by atomic mass is 16.3. The molecular formula is C12H11N3O3. The molecule has 0 atom stereocenters. The second-order valence-corrected chi connectivity index (χ2v) is 3.65. The van der Waals surface area contributed by atoms with Gasteiger partial charge >= 0.3 is 0 Å². The molecule has 3 N–H and O–H groups in total. The van der Waals surface area contributed by atoms with Gasteiger partial charge in [-0.3, -0.25) is 9.59 Å². The second-order valence-electron chi connectivity index (χ2n) is 3.65. The van der Waals surface area contributed by atoms with E-state index in [9.17, 15) is 9.59 Å². The van der Waals surface area contributed by atoms with Crippen LogP contribution in [0.3, 0.4) is 0 Å². The van der Waals surface area contributed by atoms with Crippen LogP contribution in [-0.4, -0.2) is 11.8 Å². The summed E-state index contributed by atoms with van der Waals surface area (Å²) in [5, 5.41) is 4.44. The Labute approximate surface area is 102 Å². The first-order valence-electron chi connectivity index (χ1n) is 5.21. The van der Waals surface area contributed by atoms with E-state index in [0.29, 0.717) is 5.58 Å². The summed E-state index contributed by atoms with van der Waals surface area (Å²) in [6.45, 7) is 1.30. The van der Waals surface area contributed by atoms with E-state index in [1.807, 2.05) is 6.07 Å². The number of hydrogen-bond acceptors (Lipinski definition) is 4. The molecule has 0 spiro atoms. The SMILES string of the molecule is CC(=O)NN=c1oc2ccccc2cc1C(N)=O. The van der Waals surface area contributed by atoms with Crippen molar-refractivity contribution in [2.75, 3.05) is 0 Å². The summed E-state index contributed by atoms with van der Waals surface area (Å²) < 4.78 is 5.42. The van der Waals surface area contributed by atoms with E-state index >= 15 is 0 Å². The van der Waals surface area contributed by atoms with Crippen molar-refractivity contribution in [2.45, 2.75) is 6.92 Å². The summed E-state index contributed by atoms with van der Waals surface area (Å²) in [5.74, 6) is -1.04. The van der Waals surface area contributed by atoms with Crippen LogP contribution < -0.4 is 16.7 Å². The minimum atomic E-state index is -0.673. The van der Waals surface area contributed by atoms with Crippen molar-refractivity contribution in [1.29, 1.82) is 0 Å². The smallest absolute Gasteiger partial charge is 0.254 e. The quantitative estimate of drug-likeness (QED) is 0.753. The number of nitrogens with one attached hydrogen (secondary N) is 1. The van der Waals surface area contributed by atoms with Crippen LogP contribution in [0.2, 0.25) is 0 Å². The fourth-order valence-corrected chi connectivity index (χ4v) is 1.46. The number of para-hydroxylation sites is 1. The molecule has 0 unspecified atom stereocenters. The molecular weight excluding hydrogens is 234 g/mol. The maximum atomic E-state index is 11.3. The second kappa shape index (κ2) is 4.70. The number of fused-ring (bicyclic) bond motifs is 1. The summed E-state index contributed by atoms with van der Waals surface area (Å²) >= 11 is 0. The van der Waals surface area contributed by atoms with Gasteiger partial charge in [0, 0.05) is 12.3 Å². The van der Waals surface area contributed by atoms with Gasteiger partial charge in [-0.1, -0.05) is 18.2 Å². The van der Waals surface area contributed by atoms with Crippen molar-refractivity contribution in [3.05, 3.63) is 41.4 Å². The molecule has 2 aromatic rings. The molecule has 0 fully saturated rings. The summed E-state index contributed by atoms with van der Waals surface area (Å²) in [6, 6.07) is 8.69. The maximum Gasteiger partial charge on any atom is 0.254 e. The molecule has 2 rings (SSSR count). The lowest BCUT2D eigenvalue weighted by Crippen LogP contribution is -2.25. The first kappa shape index (κ1) is 11.8. The van der Waals surface area contributed by atoms with E-state index in [1.165, 1.54) is 6.92 Å². The number of amides is 2. The normalized spacial score (nSPS) is 11.5. The van der Waals surface area contributed by atoms with Gasteiger partial charge in [0.1, 0.15) is 11.1 Å². The Kier molecular flexibility index (Phi) is 3.09. The van der Waals surface area contributed by atoms with Crippen LogP contribution in [-0.2, 0) is 4.79 Å². The van der Waals surface area contributed by atoms with Crippen LogP contribution in [0.5, 0.6) is 0 Å². The molecule has 18 heavy (non-hydrogen) atoms. The molecule has 0 saturated carbocycles. The average Bonchev–Trinajstić information content (AvgIpc) is 2.35. The lowest BCUT2D eigenvalue weighted by molar-refractivity contribution is -0.119. The maximum absolute atomic E-state index is 11.3. The number of rotatable bonds is 2. The van der Waals surface area contributed by atoms with Crippen molar-refractivity contribution in [3.63, 3.8) is 0 Å². The molecule has 1 aromatic heterocycles. The fraction of sp³-hybridized carbons (Fsp3) is 0.0833. The molecule has 1 heterocycles. The number of primary amides is 1. The zero-order valence-corrected chi connectivity index (χ0v) is 9.64. The monoisotopic (exact) mass is 245 g/mol. The van der Waals surface area contributed by atoms with Crippen LogP contribution >= 0.6 is 0 Å². The largest absolute Gasteiger partial charge is 0.436 e. The summed E-state index contributed by atoms with van der Waals surface area (Å²) in [5.41, 5.74) is 8.09. The Balaban J connectivity index is 2.69. The molecule has 0 aliphatic heterocycles. The molecule has 0 saturated heterocycles.